The molecule has 0 bridgehead atoms. The van der Waals surface area contributed by atoms with Gasteiger partial charge in [0.15, 0.2) is 0 Å². The number of carbonyl (C=O) groups is 1. The third kappa shape index (κ3) is 4.63. The molecule has 0 radical (unpaired) electrons. The van der Waals surface area contributed by atoms with E-state index >= 15 is 0 Å². The van der Waals surface area contributed by atoms with Crippen molar-refractivity contribution in [1.82, 2.24) is 0 Å². The van der Waals surface area contributed by atoms with Crippen molar-refractivity contribution in [3.63, 3.8) is 0 Å². The van der Waals surface area contributed by atoms with Gasteiger partial charge >= 0.3 is 0 Å². The molecular formula is C25H32O2Si. The normalized spacial score (nSPS) is 12.8. The highest BCUT2D eigenvalue weighted by Crippen LogP contribution is 2.40. The summed E-state index contributed by atoms with van der Waals surface area (Å²) in [5.41, 5.74) is 8.61. The number of aldehydes is 1. The lowest BCUT2D eigenvalue weighted by Crippen LogP contribution is -2.43. The molecule has 3 heteroatoms. The zero-order chi connectivity index (χ0) is 20.9. The first-order valence-electron chi connectivity index (χ1n) is 10.1. The lowest BCUT2D eigenvalue weighted by molar-refractivity contribution is 0.112. The molecule has 0 aromatic heterocycles. The van der Waals surface area contributed by atoms with E-state index < -0.39 is 14.2 Å². The van der Waals surface area contributed by atoms with E-state index in [9.17, 15) is 9.90 Å². The Hall–Kier alpha value is -2.15. The van der Waals surface area contributed by atoms with Gasteiger partial charge in [0.25, 0.3) is 0 Å². The van der Waals surface area contributed by atoms with Gasteiger partial charge in [-0.2, -0.15) is 0 Å². The van der Waals surface area contributed by atoms with Crippen LogP contribution in [0.5, 0.6) is 0 Å². The third-order valence-corrected chi connectivity index (χ3v) is 12.2. The summed E-state index contributed by atoms with van der Waals surface area (Å²) in [6, 6.07) is 14.9. The smallest absolute Gasteiger partial charge is 0.150 e. The van der Waals surface area contributed by atoms with E-state index in [-0.39, 0.29) is 0 Å². The number of benzene rings is 2. The van der Waals surface area contributed by atoms with Gasteiger partial charge in [-0.1, -0.05) is 77.8 Å². The van der Waals surface area contributed by atoms with E-state index in [4.69, 9.17) is 0 Å². The summed E-state index contributed by atoms with van der Waals surface area (Å²) in [4.78, 5) is 11.0. The van der Waals surface area contributed by atoms with Crippen LogP contribution < -0.4 is 0 Å². The summed E-state index contributed by atoms with van der Waals surface area (Å²) in [5, 5.41) is 10.6. The average Bonchev–Trinajstić information content (AvgIpc) is 2.67. The molecule has 0 aliphatic rings. The van der Waals surface area contributed by atoms with Crippen LogP contribution in [0.15, 0.2) is 48.5 Å². The van der Waals surface area contributed by atoms with E-state index in [1.54, 1.807) is 18.2 Å². The zero-order valence-corrected chi connectivity index (χ0v) is 18.9. The topological polar surface area (TPSA) is 37.3 Å². The first kappa shape index (κ1) is 22.1. The molecule has 148 valence electrons. The van der Waals surface area contributed by atoms with Gasteiger partial charge in [0.05, 0.1) is 0 Å². The highest BCUT2D eigenvalue weighted by molar-refractivity contribution is 6.90. The van der Waals surface area contributed by atoms with Crippen LogP contribution in [0, 0.1) is 11.5 Å². The van der Waals surface area contributed by atoms with Crippen LogP contribution in [-0.2, 0) is 0 Å². The number of hydrogen-bond acceptors (Lipinski definition) is 2. The maximum Gasteiger partial charge on any atom is 0.150 e. The van der Waals surface area contributed by atoms with E-state index in [1.165, 1.54) is 0 Å². The van der Waals surface area contributed by atoms with Crippen LogP contribution in [0.2, 0.25) is 16.6 Å². The Morgan fingerprint density at radius 1 is 0.857 bits per heavy atom. The minimum Gasteiger partial charge on any atom is -0.384 e. The summed E-state index contributed by atoms with van der Waals surface area (Å²) < 4.78 is 0. The molecule has 1 atom stereocenters. The highest BCUT2D eigenvalue weighted by atomic mass is 28.3. The second kappa shape index (κ2) is 9.36. The van der Waals surface area contributed by atoms with Gasteiger partial charge in [0.2, 0.25) is 0 Å². The van der Waals surface area contributed by atoms with Crippen molar-refractivity contribution in [3.05, 3.63) is 70.8 Å². The highest BCUT2D eigenvalue weighted by Gasteiger charge is 2.41. The number of rotatable bonds is 6. The maximum atomic E-state index is 11.0. The second-order valence-electron chi connectivity index (χ2n) is 8.46. The van der Waals surface area contributed by atoms with Crippen molar-refractivity contribution in [2.45, 2.75) is 64.3 Å². The molecule has 0 aliphatic carbocycles. The molecule has 1 N–H and O–H groups in total. The van der Waals surface area contributed by atoms with Crippen LogP contribution >= 0.6 is 0 Å². The Morgan fingerprint density at radius 3 is 1.93 bits per heavy atom. The standard InChI is InChI=1S/C25H32O2Si/c1-18(2)28(19(3)4,20(5)6)15-14-21-10-12-23(13-11-21)25(27)24-9-7-8-22(16-24)17-26/h7-13,16-20,25,27H,1-6H3. The Bertz CT molecular complexity index is 832. The van der Waals surface area contributed by atoms with Crippen molar-refractivity contribution in [3.8, 4) is 11.5 Å². The van der Waals surface area contributed by atoms with Gasteiger partial charge in [0.1, 0.15) is 20.5 Å². The Kier molecular flexibility index (Phi) is 7.40. The molecule has 2 nitrogen and oxygen atoms in total. The molecular weight excluding hydrogens is 360 g/mol. The molecule has 0 spiro atoms. The molecule has 0 saturated carbocycles. The average molecular weight is 393 g/mol. The Balaban J connectivity index is 2.30. The number of carbonyl (C=O) groups excluding carboxylic acids is 1. The van der Waals surface area contributed by atoms with Gasteiger partial charge in [-0.3, -0.25) is 4.79 Å². The SMILES string of the molecule is CC(C)[Si](C#Cc1ccc(C(O)c2cccc(C=O)c2)cc1)(C(C)C)C(C)C. The predicted molar refractivity (Wildman–Crippen MR) is 120 cm³/mol. The van der Waals surface area contributed by atoms with E-state index in [0.717, 1.165) is 17.4 Å². The fourth-order valence-corrected chi connectivity index (χ4v) is 9.58. The first-order valence-corrected chi connectivity index (χ1v) is 12.3. The number of aliphatic hydroxyl groups excluding tert-OH is 1. The van der Waals surface area contributed by atoms with Crippen LogP contribution in [0.25, 0.3) is 0 Å². The number of hydrogen-bond donors (Lipinski definition) is 1. The second-order valence-corrected chi connectivity index (χ2v) is 14.0. The first-order chi connectivity index (χ1) is 13.2. The van der Waals surface area contributed by atoms with Gasteiger partial charge < -0.3 is 5.11 Å². The van der Waals surface area contributed by atoms with E-state index in [2.05, 4.69) is 53.0 Å². The molecule has 0 aliphatic heterocycles. The fourth-order valence-electron chi connectivity index (χ4n) is 4.36. The van der Waals surface area contributed by atoms with Gasteiger partial charge in [-0.15, -0.1) is 5.54 Å². The number of aliphatic hydroxyl groups is 1. The van der Waals surface area contributed by atoms with Crippen molar-refractivity contribution in [2.24, 2.45) is 0 Å². The van der Waals surface area contributed by atoms with Crippen molar-refractivity contribution in [2.75, 3.05) is 0 Å². The van der Waals surface area contributed by atoms with Crippen LogP contribution in [0.3, 0.4) is 0 Å². The van der Waals surface area contributed by atoms with Crippen LogP contribution in [-0.4, -0.2) is 19.5 Å². The molecule has 1 unspecified atom stereocenters. The molecule has 0 saturated heterocycles. The summed E-state index contributed by atoms with van der Waals surface area (Å²) >= 11 is 0. The van der Waals surface area contributed by atoms with Gasteiger partial charge in [-0.05, 0) is 45.9 Å². The van der Waals surface area contributed by atoms with Crippen LogP contribution in [0.4, 0.5) is 0 Å². The monoisotopic (exact) mass is 392 g/mol. The van der Waals surface area contributed by atoms with Gasteiger partial charge in [0, 0.05) is 11.1 Å². The maximum absolute atomic E-state index is 11.0. The fraction of sp³-hybridized carbons (Fsp3) is 0.400. The van der Waals surface area contributed by atoms with Crippen LogP contribution in [0.1, 0.15) is 74.7 Å². The summed E-state index contributed by atoms with van der Waals surface area (Å²) in [7, 11) is -1.75. The molecule has 2 aromatic rings. The molecule has 0 fully saturated rings. The summed E-state index contributed by atoms with van der Waals surface area (Å²) in [6.07, 6.45) is 0.0424. The van der Waals surface area contributed by atoms with E-state index in [0.29, 0.717) is 27.8 Å². The van der Waals surface area contributed by atoms with Crippen molar-refractivity contribution in [1.29, 1.82) is 0 Å². The lowest BCUT2D eigenvalue weighted by Gasteiger charge is -2.38. The molecule has 0 heterocycles. The predicted octanol–water partition coefficient (Wildman–Crippen LogP) is 6.15. The van der Waals surface area contributed by atoms with Crippen molar-refractivity contribution >= 4 is 14.4 Å². The lowest BCUT2D eigenvalue weighted by atomic mass is 9.99. The summed E-state index contributed by atoms with van der Waals surface area (Å²) in [6.45, 7) is 13.9. The molecule has 2 aromatic carbocycles. The van der Waals surface area contributed by atoms with E-state index in [1.807, 2.05) is 30.3 Å². The molecule has 2 rings (SSSR count). The molecule has 28 heavy (non-hydrogen) atoms. The zero-order valence-electron chi connectivity index (χ0n) is 17.9. The minimum atomic E-state index is -1.75. The minimum absolute atomic E-state index is 0.566. The molecule has 0 amide bonds. The largest absolute Gasteiger partial charge is 0.384 e. The summed E-state index contributed by atoms with van der Waals surface area (Å²) in [5.74, 6) is 3.44. The Labute approximate surface area is 171 Å². The Morgan fingerprint density at radius 2 is 1.43 bits per heavy atom. The van der Waals surface area contributed by atoms with Crippen molar-refractivity contribution < 1.29 is 9.90 Å². The van der Waals surface area contributed by atoms with Gasteiger partial charge in [-0.25, -0.2) is 0 Å². The third-order valence-electron chi connectivity index (χ3n) is 5.88. The quantitative estimate of drug-likeness (QED) is 0.364.